The van der Waals surface area contributed by atoms with Crippen LogP contribution < -0.4 is 5.32 Å². The van der Waals surface area contributed by atoms with E-state index in [2.05, 4.69) is 10.4 Å². The molecular formula is C16H16F3N3O. The van der Waals surface area contributed by atoms with Gasteiger partial charge in [-0.3, -0.25) is 9.48 Å². The molecule has 0 aliphatic heterocycles. The van der Waals surface area contributed by atoms with E-state index in [1.165, 1.54) is 30.4 Å². The highest BCUT2D eigenvalue weighted by atomic mass is 19.4. The molecule has 1 amide bonds. The number of rotatable bonds is 4. The zero-order chi connectivity index (χ0) is 17.0. The summed E-state index contributed by atoms with van der Waals surface area (Å²) < 4.78 is 40.4. The van der Waals surface area contributed by atoms with E-state index in [1.54, 1.807) is 10.9 Å². The number of halogens is 3. The van der Waals surface area contributed by atoms with E-state index in [9.17, 15) is 18.0 Å². The van der Waals surface area contributed by atoms with Crippen molar-refractivity contribution in [3.05, 3.63) is 53.4 Å². The maximum atomic E-state index is 12.9. The van der Waals surface area contributed by atoms with E-state index < -0.39 is 17.6 Å². The number of aryl methyl sites for hydroxylation is 1. The van der Waals surface area contributed by atoms with Crippen LogP contribution in [0.15, 0.2) is 36.5 Å². The van der Waals surface area contributed by atoms with Crippen molar-refractivity contribution in [1.82, 2.24) is 9.78 Å². The minimum atomic E-state index is -4.52. The fraction of sp³-hybridized carbons (Fsp3) is 0.250. The second kappa shape index (κ2) is 6.68. The van der Waals surface area contributed by atoms with Crippen molar-refractivity contribution in [3.63, 3.8) is 0 Å². The number of hydrogen-bond donors (Lipinski definition) is 1. The summed E-state index contributed by atoms with van der Waals surface area (Å²) >= 11 is 0. The zero-order valence-electron chi connectivity index (χ0n) is 12.7. The van der Waals surface area contributed by atoms with Crippen molar-refractivity contribution in [2.24, 2.45) is 0 Å². The van der Waals surface area contributed by atoms with Gasteiger partial charge in [0.2, 0.25) is 5.91 Å². The quantitative estimate of drug-likeness (QED) is 0.868. The molecule has 122 valence electrons. The number of nitrogens with zero attached hydrogens (tertiary/aromatic N) is 2. The Morgan fingerprint density at radius 2 is 2.04 bits per heavy atom. The molecule has 0 fully saturated rings. The lowest BCUT2D eigenvalue weighted by Gasteiger charge is -2.12. The number of aromatic nitrogens is 2. The monoisotopic (exact) mass is 323 g/mol. The third-order valence-corrected chi connectivity index (χ3v) is 3.35. The molecule has 7 heteroatoms. The molecule has 1 N–H and O–H groups in total. The minimum absolute atomic E-state index is 0.268. The van der Waals surface area contributed by atoms with Crippen molar-refractivity contribution >= 4 is 17.7 Å². The molecule has 0 atom stereocenters. The number of carbonyl (C=O) groups is 1. The summed E-state index contributed by atoms with van der Waals surface area (Å²) in [6, 6.07) is 4.85. The Morgan fingerprint density at radius 1 is 1.35 bits per heavy atom. The number of hydrogen-bond acceptors (Lipinski definition) is 2. The van der Waals surface area contributed by atoms with Gasteiger partial charge in [-0.25, -0.2) is 0 Å². The Balaban J connectivity index is 2.14. The van der Waals surface area contributed by atoms with Gasteiger partial charge in [0.15, 0.2) is 0 Å². The predicted octanol–water partition coefficient (Wildman–Crippen LogP) is 3.88. The molecule has 23 heavy (non-hydrogen) atoms. The van der Waals surface area contributed by atoms with E-state index in [-0.39, 0.29) is 5.69 Å². The average Bonchev–Trinajstić information content (AvgIpc) is 2.85. The molecule has 0 unspecified atom stereocenters. The van der Waals surface area contributed by atoms with Crippen LogP contribution >= 0.6 is 0 Å². The molecule has 1 aromatic carbocycles. The van der Waals surface area contributed by atoms with Crippen LogP contribution in [0.3, 0.4) is 0 Å². The zero-order valence-corrected chi connectivity index (χ0v) is 12.7. The number of anilines is 1. The normalized spacial score (nSPS) is 11.9. The topological polar surface area (TPSA) is 46.9 Å². The third-order valence-electron chi connectivity index (χ3n) is 3.35. The largest absolute Gasteiger partial charge is 0.418 e. The van der Waals surface area contributed by atoms with Crippen molar-refractivity contribution in [2.75, 3.05) is 5.32 Å². The van der Waals surface area contributed by atoms with Crippen molar-refractivity contribution < 1.29 is 18.0 Å². The Labute approximate surface area is 131 Å². The van der Waals surface area contributed by atoms with Crippen molar-refractivity contribution in [2.45, 2.75) is 26.6 Å². The summed E-state index contributed by atoms with van der Waals surface area (Å²) in [6.07, 6.45) is -0.199. The lowest BCUT2D eigenvalue weighted by molar-refractivity contribution is -0.136. The number of para-hydroxylation sites is 1. The predicted molar refractivity (Wildman–Crippen MR) is 81.7 cm³/mol. The Hall–Kier alpha value is -2.57. The molecular weight excluding hydrogens is 307 g/mol. The molecule has 0 aliphatic carbocycles. The number of benzene rings is 1. The smallest absolute Gasteiger partial charge is 0.322 e. The van der Waals surface area contributed by atoms with Crippen molar-refractivity contribution in [1.29, 1.82) is 0 Å². The highest BCUT2D eigenvalue weighted by Crippen LogP contribution is 2.34. The summed E-state index contributed by atoms with van der Waals surface area (Å²) in [5, 5.41) is 6.38. The van der Waals surface area contributed by atoms with E-state index in [4.69, 9.17) is 0 Å². The van der Waals surface area contributed by atoms with E-state index in [0.29, 0.717) is 6.54 Å². The average molecular weight is 323 g/mol. The van der Waals surface area contributed by atoms with Gasteiger partial charge in [0.25, 0.3) is 0 Å². The van der Waals surface area contributed by atoms with E-state index in [0.717, 1.165) is 17.3 Å². The molecule has 0 saturated carbocycles. The van der Waals surface area contributed by atoms with Crippen LogP contribution in [0.1, 0.15) is 23.7 Å². The standard InChI is InChI=1S/C16H16F3N3O/c1-3-22-11(2)12(10-20-22)8-9-15(23)21-14-7-5-4-6-13(14)16(17,18)19/h4-10H,3H2,1-2H3,(H,21,23). The summed E-state index contributed by atoms with van der Waals surface area (Å²) in [7, 11) is 0. The maximum absolute atomic E-state index is 12.9. The Kier molecular flexibility index (Phi) is 4.88. The summed E-state index contributed by atoms with van der Waals surface area (Å²) in [6.45, 7) is 4.49. The third kappa shape index (κ3) is 4.00. The molecule has 0 spiro atoms. The fourth-order valence-corrected chi connectivity index (χ4v) is 2.12. The first-order valence-electron chi connectivity index (χ1n) is 7.00. The number of alkyl halides is 3. The Morgan fingerprint density at radius 3 is 2.65 bits per heavy atom. The molecule has 1 aromatic heterocycles. The second-order valence-corrected chi connectivity index (χ2v) is 4.87. The van der Waals surface area contributed by atoms with Crippen LogP contribution in [0.25, 0.3) is 6.08 Å². The van der Waals surface area contributed by atoms with Gasteiger partial charge in [0, 0.05) is 23.9 Å². The molecule has 2 rings (SSSR count). The van der Waals surface area contributed by atoms with Crippen LogP contribution in [-0.2, 0) is 17.5 Å². The minimum Gasteiger partial charge on any atom is -0.322 e. The number of nitrogens with one attached hydrogen (secondary N) is 1. The van der Waals surface area contributed by atoms with Gasteiger partial charge in [0.05, 0.1) is 17.4 Å². The molecule has 1 heterocycles. The Bertz CT molecular complexity index is 732. The first-order valence-corrected chi connectivity index (χ1v) is 7.00. The van der Waals surface area contributed by atoms with Crippen molar-refractivity contribution in [3.8, 4) is 0 Å². The van der Waals surface area contributed by atoms with Gasteiger partial charge in [-0.2, -0.15) is 18.3 Å². The molecule has 4 nitrogen and oxygen atoms in total. The highest BCUT2D eigenvalue weighted by Gasteiger charge is 2.33. The van der Waals surface area contributed by atoms with E-state index in [1.807, 2.05) is 13.8 Å². The van der Waals surface area contributed by atoms with Crippen LogP contribution in [0.4, 0.5) is 18.9 Å². The first-order chi connectivity index (χ1) is 10.8. The molecule has 2 aromatic rings. The van der Waals surface area contributed by atoms with Crippen LogP contribution in [0.5, 0.6) is 0 Å². The summed E-state index contributed by atoms with van der Waals surface area (Å²) in [5.74, 6) is -0.634. The SMILES string of the molecule is CCn1ncc(C=CC(=O)Nc2ccccc2C(F)(F)F)c1C. The van der Waals surface area contributed by atoms with Gasteiger partial charge in [-0.1, -0.05) is 12.1 Å². The molecule has 0 aliphatic rings. The number of amides is 1. The van der Waals surface area contributed by atoms with Gasteiger partial charge in [-0.15, -0.1) is 0 Å². The van der Waals surface area contributed by atoms with Crippen LogP contribution in [-0.4, -0.2) is 15.7 Å². The summed E-state index contributed by atoms with van der Waals surface area (Å²) in [5.41, 5.74) is 0.478. The highest BCUT2D eigenvalue weighted by molar-refractivity contribution is 6.02. The lowest BCUT2D eigenvalue weighted by atomic mass is 10.1. The van der Waals surface area contributed by atoms with Gasteiger partial charge in [0.1, 0.15) is 0 Å². The van der Waals surface area contributed by atoms with Gasteiger partial charge >= 0.3 is 6.18 Å². The fourth-order valence-electron chi connectivity index (χ4n) is 2.12. The lowest BCUT2D eigenvalue weighted by Crippen LogP contribution is -2.14. The van der Waals surface area contributed by atoms with Crippen LogP contribution in [0, 0.1) is 6.92 Å². The van der Waals surface area contributed by atoms with Gasteiger partial charge in [-0.05, 0) is 32.1 Å². The molecule has 0 saturated heterocycles. The second-order valence-electron chi connectivity index (χ2n) is 4.87. The summed E-state index contributed by atoms with van der Waals surface area (Å²) in [4.78, 5) is 11.9. The van der Waals surface area contributed by atoms with E-state index >= 15 is 0 Å². The van der Waals surface area contributed by atoms with Crippen LogP contribution in [0.2, 0.25) is 0 Å². The molecule has 0 bridgehead atoms. The van der Waals surface area contributed by atoms with Gasteiger partial charge < -0.3 is 5.32 Å². The molecule has 0 radical (unpaired) electrons. The number of carbonyl (C=O) groups excluding carboxylic acids is 1. The maximum Gasteiger partial charge on any atom is 0.418 e. The first kappa shape index (κ1) is 16.8.